The number of carbonyl (C=O) groups excluding carboxylic acids is 2. The van der Waals surface area contributed by atoms with Crippen molar-refractivity contribution in [3.63, 3.8) is 0 Å². The smallest absolute Gasteiger partial charge is 0.383 e. The Hall–Kier alpha value is -4.78. The fraction of sp³-hybridized carbons (Fsp3) is 0.344. The van der Waals surface area contributed by atoms with E-state index in [9.17, 15) is 22.8 Å². The third-order valence-electron chi connectivity index (χ3n) is 8.94. The Morgan fingerprint density at radius 2 is 1.89 bits per heavy atom. The van der Waals surface area contributed by atoms with Gasteiger partial charge in [-0.2, -0.15) is 18.3 Å². The number of benzene rings is 1. The summed E-state index contributed by atoms with van der Waals surface area (Å²) in [4.78, 5) is 36.4. The lowest BCUT2D eigenvalue weighted by Gasteiger charge is -2.40. The summed E-state index contributed by atoms with van der Waals surface area (Å²) in [6.45, 7) is 1.72. The van der Waals surface area contributed by atoms with Crippen molar-refractivity contribution in [2.45, 2.75) is 56.4 Å². The van der Waals surface area contributed by atoms with Gasteiger partial charge in [0, 0.05) is 48.2 Å². The minimum atomic E-state index is -4.55. The molecule has 1 saturated heterocycles. The summed E-state index contributed by atoms with van der Waals surface area (Å²) in [5.74, 6) is -0.373. The Morgan fingerprint density at radius 3 is 2.64 bits per heavy atom. The van der Waals surface area contributed by atoms with E-state index in [4.69, 9.17) is 10.8 Å². The Labute approximate surface area is 256 Å². The number of anilines is 2. The van der Waals surface area contributed by atoms with E-state index in [2.05, 4.69) is 31.6 Å². The highest BCUT2D eigenvalue weighted by atomic mass is 19.4. The molecule has 0 radical (unpaired) electrons. The Bertz CT molecular complexity index is 1820. The number of hydrogen-bond donors (Lipinski definition) is 3. The topological polar surface area (TPSA) is 131 Å². The number of pyridine rings is 2. The summed E-state index contributed by atoms with van der Waals surface area (Å²) in [6.07, 6.45) is 6.42. The first kappa shape index (κ1) is 29.0. The molecule has 0 unspecified atom stereocenters. The van der Waals surface area contributed by atoms with Crippen molar-refractivity contribution in [2.75, 3.05) is 24.1 Å². The van der Waals surface area contributed by atoms with Gasteiger partial charge in [-0.05, 0) is 56.4 Å². The van der Waals surface area contributed by atoms with Crippen LogP contribution < -0.4 is 16.4 Å². The molecule has 232 valence electrons. The molecule has 1 saturated carbocycles. The quantitative estimate of drug-likeness (QED) is 0.294. The van der Waals surface area contributed by atoms with Crippen LogP contribution in [0, 0.1) is 0 Å². The van der Waals surface area contributed by atoms with Crippen LogP contribution in [0.5, 0.6) is 0 Å². The number of rotatable bonds is 3. The first-order valence-electron chi connectivity index (χ1n) is 15.0. The third kappa shape index (κ3) is 5.52. The maximum atomic E-state index is 13.1. The van der Waals surface area contributed by atoms with Crippen molar-refractivity contribution in [1.82, 2.24) is 30.0 Å². The summed E-state index contributed by atoms with van der Waals surface area (Å²) in [5.41, 5.74) is 8.88. The van der Waals surface area contributed by atoms with Crippen molar-refractivity contribution < 1.29 is 22.8 Å². The van der Waals surface area contributed by atoms with E-state index in [1.54, 1.807) is 30.5 Å². The van der Waals surface area contributed by atoms with Gasteiger partial charge in [-0.3, -0.25) is 19.2 Å². The highest BCUT2D eigenvalue weighted by molar-refractivity contribution is 6.06. The van der Waals surface area contributed by atoms with Crippen LogP contribution in [-0.2, 0) is 11.0 Å². The fourth-order valence-corrected chi connectivity index (χ4v) is 6.51. The van der Waals surface area contributed by atoms with Gasteiger partial charge in [-0.25, -0.2) is 9.97 Å². The Balaban J connectivity index is 1.22. The number of nitrogens with zero attached hydrogens (tertiary/aromatic N) is 5. The lowest BCUT2D eigenvalue weighted by atomic mass is 10.0. The molecule has 2 fully saturated rings. The molecule has 5 heterocycles. The molecule has 2 bridgehead atoms. The van der Waals surface area contributed by atoms with Crippen LogP contribution in [0.25, 0.3) is 28.2 Å². The predicted octanol–water partition coefficient (Wildman–Crippen LogP) is 5.05. The van der Waals surface area contributed by atoms with Crippen LogP contribution >= 0.6 is 0 Å². The highest BCUT2D eigenvalue weighted by Gasteiger charge is 2.37. The zero-order valence-electron chi connectivity index (χ0n) is 24.2. The molecule has 3 aliphatic rings. The van der Waals surface area contributed by atoms with Crippen molar-refractivity contribution in [3.8, 4) is 11.3 Å². The number of alkyl halides is 3. The molecule has 1 aromatic carbocycles. The Kier molecular flexibility index (Phi) is 7.27. The zero-order chi connectivity index (χ0) is 31.3. The van der Waals surface area contributed by atoms with Crippen LogP contribution in [0.3, 0.4) is 0 Å². The summed E-state index contributed by atoms with van der Waals surface area (Å²) in [5, 5.41) is 11.5. The molecule has 7 rings (SSSR count). The van der Waals surface area contributed by atoms with Gasteiger partial charge in [0.15, 0.2) is 0 Å². The number of carbonyl (C=O) groups is 2. The van der Waals surface area contributed by atoms with Gasteiger partial charge in [-0.1, -0.05) is 24.3 Å². The maximum absolute atomic E-state index is 13.1. The summed E-state index contributed by atoms with van der Waals surface area (Å²) >= 11 is 0. The molecule has 3 atom stereocenters. The molecule has 4 N–H and O–H groups in total. The van der Waals surface area contributed by atoms with Gasteiger partial charge < -0.3 is 16.4 Å². The van der Waals surface area contributed by atoms with E-state index in [1.807, 2.05) is 10.8 Å². The zero-order valence-corrected chi connectivity index (χ0v) is 24.2. The molecule has 2 amide bonds. The molecule has 13 heteroatoms. The normalized spacial score (nSPS) is 22.6. The van der Waals surface area contributed by atoms with E-state index in [1.165, 1.54) is 0 Å². The standard InChI is InChI=1S/C32H31F3N8O2/c33-32(34,35)21-10-12-37-25(15-21)40-30(44)19-6-4-18(5-7-19)27-26-28-20(17-38-29(26)36)3-1-2-13-42-14-11-24(42)31(45)39-22-8-9-23(16-22)43(28)41-27/h1,3-7,10,12,15,17,22-24H,2,8-9,11,13-14,16H2,(H2,36,38)(H,39,45)(H,37,40,44)/b3-1+/t22-,23-,24+/m1/s1. The number of nitrogens with two attached hydrogens (primary N) is 1. The fourth-order valence-electron chi connectivity index (χ4n) is 6.51. The Morgan fingerprint density at radius 1 is 1.07 bits per heavy atom. The minimum absolute atomic E-state index is 0.0333. The number of hydrogen-bond acceptors (Lipinski definition) is 7. The van der Waals surface area contributed by atoms with E-state index >= 15 is 0 Å². The molecular weight excluding hydrogens is 585 g/mol. The van der Waals surface area contributed by atoms with Crippen molar-refractivity contribution in [3.05, 3.63) is 71.6 Å². The predicted molar refractivity (Wildman–Crippen MR) is 163 cm³/mol. The average molecular weight is 617 g/mol. The van der Waals surface area contributed by atoms with Gasteiger partial charge in [0.2, 0.25) is 5.91 Å². The first-order chi connectivity index (χ1) is 21.7. The molecular formula is C32H31F3N8O2. The van der Waals surface area contributed by atoms with Crippen LogP contribution in [0.4, 0.5) is 24.8 Å². The lowest BCUT2D eigenvalue weighted by Crippen LogP contribution is -2.57. The van der Waals surface area contributed by atoms with Gasteiger partial charge in [0.25, 0.3) is 5.91 Å². The SMILES string of the molecule is Nc1ncc2c3c1c(-c1ccc(C(=O)Nc4cc(C(F)(F)F)ccn4)cc1)nn3[C@@H]1CC[C@H](C1)NC(=O)[C@@H]1CCN1CC/C=C/2. The van der Waals surface area contributed by atoms with Gasteiger partial charge >= 0.3 is 6.18 Å². The first-order valence-corrected chi connectivity index (χ1v) is 15.0. The summed E-state index contributed by atoms with van der Waals surface area (Å²) < 4.78 is 41.3. The van der Waals surface area contributed by atoms with Crippen molar-refractivity contribution in [1.29, 1.82) is 0 Å². The average Bonchev–Trinajstić information content (AvgIpc) is 3.62. The largest absolute Gasteiger partial charge is 0.416 e. The molecule has 45 heavy (non-hydrogen) atoms. The minimum Gasteiger partial charge on any atom is -0.383 e. The number of nitrogens with one attached hydrogen (secondary N) is 2. The van der Waals surface area contributed by atoms with E-state index < -0.39 is 17.6 Å². The van der Waals surface area contributed by atoms with Crippen LogP contribution in [-0.4, -0.2) is 61.6 Å². The van der Waals surface area contributed by atoms with Crippen LogP contribution in [0.1, 0.15) is 59.6 Å². The molecule has 4 aromatic rings. The number of fused-ring (bicyclic) bond motifs is 4. The second kappa shape index (κ2) is 11.3. The lowest BCUT2D eigenvalue weighted by molar-refractivity contribution is -0.137. The van der Waals surface area contributed by atoms with E-state index in [0.29, 0.717) is 22.5 Å². The second-order valence-electron chi connectivity index (χ2n) is 11.8. The second-order valence-corrected chi connectivity index (χ2v) is 11.8. The van der Waals surface area contributed by atoms with Crippen LogP contribution in [0.2, 0.25) is 0 Å². The molecule has 2 aliphatic heterocycles. The van der Waals surface area contributed by atoms with Gasteiger partial charge in [0.1, 0.15) is 17.3 Å². The number of amides is 2. The van der Waals surface area contributed by atoms with Crippen molar-refractivity contribution in [2.24, 2.45) is 0 Å². The van der Waals surface area contributed by atoms with Crippen molar-refractivity contribution >= 4 is 40.4 Å². The number of nitrogen functional groups attached to an aromatic ring is 1. The van der Waals surface area contributed by atoms with Gasteiger partial charge in [0.05, 0.1) is 28.6 Å². The van der Waals surface area contributed by atoms with Crippen LogP contribution in [0.15, 0.2) is 54.9 Å². The monoisotopic (exact) mass is 616 g/mol. The van der Waals surface area contributed by atoms with E-state index in [0.717, 1.165) is 74.6 Å². The number of halogens is 3. The van der Waals surface area contributed by atoms with E-state index in [-0.39, 0.29) is 35.4 Å². The maximum Gasteiger partial charge on any atom is 0.416 e. The highest BCUT2D eigenvalue weighted by Crippen LogP contribution is 2.40. The molecule has 1 aliphatic carbocycles. The molecule has 3 aromatic heterocycles. The third-order valence-corrected chi connectivity index (χ3v) is 8.94. The summed E-state index contributed by atoms with van der Waals surface area (Å²) in [6, 6.07) is 8.27. The number of aromatic nitrogens is 4. The summed E-state index contributed by atoms with van der Waals surface area (Å²) in [7, 11) is 0. The molecule has 0 spiro atoms. The molecule has 10 nitrogen and oxygen atoms in total. The van der Waals surface area contributed by atoms with Gasteiger partial charge in [-0.15, -0.1) is 0 Å².